The van der Waals surface area contributed by atoms with Crippen molar-refractivity contribution >= 4 is 5.69 Å². The number of anilines is 1. The summed E-state index contributed by atoms with van der Waals surface area (Å²) in [6.45, 7) is 4.18. The lowest BCUT2D eigenvalue weighted by Gasteiger charge is -2.18. The monoisotopic (exact) mass is 241 g/mol. The van der Waals surface area contributed by atoms with Crippen LogP contribution in [0, 0.1) is 6.92 Å². The van der Waals surface area contributed by atoms with E-state index in [1.807, 2.05) is 30.3 Å². The fourth-order valence-electron chi connectivity index (χ4n) is 1.93. The molecule has 1 unspecified atom stereocenters. The van der Waals surface area contributed by atoms with Gasteiger partial charge in [0.15, 0.2) is 0 Å². The summed E-state index contributed by atoms with van der Waals surface area (Å²) in [7, 11) is 0. The second-order valence-corrected chi connectivity index (χ2v) is 4.50. The maximum atomic E-state index is 6.00. The Morgan fingerprint density at radius 3 is 2.44 bits per heavy atom. The van der Waals surface area contributed by atoms with Gasteiger partial charge in [-0.25, -0.2) is 0 Å². The van der Waals surface area contributed by atoms with Crippen LogP contribution in [0.1, 0.15) is 30.6 Å². The molecule has 0 aliphatic heterocycles. The van der Waals surface area contributed by atoms with Crippen LogP contribution in [-0.2, 0) is 0 Å². The van der Waals surface area contributed by atoms with E-state index in [2.05, 4.69) is 32.0 Å². The number of hydrogen-bond donors (Lipinski definition) is 1. The molecule has 2 heteroatoms. The second kappa shape index (κ2) is 5.58. The third-order valence-corrected chi connectivity index (χ3v) is 2.95. The van der Waals surface area contributed by atoms with Crippen LogP contribution in [0.5, 0.6) is 5.75 Å². The highest BCUT2D eigenvalue weighted by atomic mass is 16.5. The first-order chi connectivity index (χ1) is 8.69. The summed E-state index contributed by atoms with van der Waals surface area (Å²) in [5.41, 5.74) is 8.94. The Hall–Kier alpha value is -1.96. The van der Waals surface area contributed by atoms with Gasteiger partial charge < -0.3 is 10.5 Å². The summed E-state index contributed by atoms with van der Waals surface area (Å²) in [6, 6.07) is 16.0. The Morgan fingerprint density at radius 1 is 1.11 bits per heavy atom. The Bertz CT molecular complexity index is 505. The molecule has 0 aliphatic rings. The topological polar surface area (TPSA) is 35.2 Å². The molecule has 0 aromatic heterocycles. The van der Waals surface area contributed by atoms with Gasteiger partial charge in [0, 0.05) is 5.69 Å². The lowest BCUT2D eigenvalue weighted by molar-refractivity contribution is 0.201. The predicted molar refractivity (Wildman–Crippen MR) is 75.7 cm³/mol. The third kappa shape index (κ3) is 3.04. The van der Waals surface area contributed by atoms with E-state index in [0.717, 1.165) is 23.4 Å². The van der Waals surface area contributed by atoms with Crippen LogP contribution in [-0.4, -0.2) is 0 Å². The Balaban J connectivity index is 2.17. The number of benzene rings is 2. The number of nitrogens with two attached hydrogens (primary N) is 1. The molecule has 2 N–H and O–H groups in total. The van der Waals surface area contributed by atoms with Gasteiger partial charge in [0.1, 0.15) is 11.9 Å². The quantitative estimate of drug-likeness (QED) is 0.818. The van der Waals surface area contributed by atoms with E-state index in [4.69, 9.17) is 10.5 Å². The van der Waals surface area contributed by atoms with E-state index < -0.39 is 0 Å². The van der Waals surface area contributed by atoms with Gasteiger partial charge in [-0.3, -0.25) is 0 Å². The zero-order valence-corrected chi connectivity index (χ0v) is 10.9. The van der Waals surface area contributed by atoms with Crippen molar-refractivity contribution in [3.63, 3.8) is 0 Å². The summed E-state index contributed by atoms with van der Waals surface area (Å²) >= 11 is 0. The van der Waals surface area contributed by atoms with Crippen LogP contribution in [0.3, 0.4) is 0 Å². The van der Waals surface area contributed by atoms with Gasteiger partial charge in [0.05, 0.1) is 0 Å². The van der Waals surface area contributed by atoms with Crippen LogP contribution in [0.25, 0.3) is 0 Å². The molecule has 0 heterocycles. The SMILES string of the molecule is CCC(Oc1ccc(C)cc1)c1cccc(N)c1. The highest BCUT2D eigenvalue weighted by Crippen LogP contribution is 2.25. The van der Waals surface area contributed by atoms with Crippen molar-refractivity contribution in [3.8, 4) is 5.75 Å². The molecular formula is C16H19NO. The van der Waals surface area contributed by atoms with Crippen LogP contribution >= 0.6 is 0 Å². The Kier molecular flexibility index (Phi) is 3.88. The maximum Gasteiger partial charge on any atom is 0.124 e. The van der Waals surface area contributed by atoms with E-state index >= 15 is 0 Å². The zero-order valence-electron chi connectivity index (χ0n) is 10.9. The Morgan fingerprint density at radius 2 is 1.83 bits per heavy atom. The molecule has 2 aromatic rings. The van der Waals surface area contributed by atoms with Gasteiger partial charge in [-0.05, 0) is 43.2 Å². The number of rotatable bonds is 4. The molecule has 0 radical (unpaired) electrons. The molecule has 0 saturated carbocycles. The molecule has 94 valence electrons. The standard InChI is InChI=1S/C16H19NO/c1-3-16(13-5-4-6-14(17)11-13)18-15-9-7-12(2)8-10-15/h4-11,16H,3,17H2,1-2H3. The molecule has 0 aliphatic carbocycles. The van der Waals surface area contributed by atoms with Crippen molar-refractivity contribution in [1.82, 2.24) is 0 Å². The zero-order chi connectivity index (χ0) is 13.0. The van der Waals surface area contributed by atoms with Gasteiger partial charge in [0.2, 0.25) is 0 Å². The number of nitrogen functional groups attached to an aromatic ring is 1. The molecule has 2 nitrogen and oxygen atoms in total. The Labute approximate surface area is 108 Å². The van der Waals surface area contributed by atoms with Crippen LogP contribution in [0.4, 0.5) is 5.69 Å². The van der Waals surface area contributed by atoms with Crippen LogP contribution < -0.4 is 10.5 Å². The van der Waals surface area contributed by atoms with E-state index in [9.17, 15) is 0 Å². The predicted octanol–water partition coefficient (Wildman–Crippen LogP) is 4.11. The summed E-state index contributed by atoms with van der Waals surface area (Å²) in [4.78, 5) is 0. The highest BCUT2D eigenvalue weighted by Gasteiger charge is 2.11. The minimum Gasteiger partial charge on any atom is -0.486 e. The van der Waals surface area contributed by atoms with E-state index in [1.54, 1.807) is 0 Å². The van der Waals surface area contributed by atoms with Gasteiger partial charge in [-0.1, -0.05) is 36.8 Å². The minimum atomic E-state index is 0.0520. The second-order valence-electron chi connectivity index (χ2n) is 4.50. The molecule has 0 fully saturated rings. The summed E-state index contributed by atoms with van der Waals surface area (Å²) in [5, 5.41) is 0. The fraction of sp³-hybridized carbons (Fsp3) is 0.250. The summed E-state index contributed by atoms with van der Waals surface area (Å²) < 4.78 is 6.00. The molecule has 2 rings (SSSR count). The summed E-state index contributed by atoms with van der Waals surface area (Å²) in [5.74, 6) is 0.898. The average molecular weight is 241 g/mol. The molecular weight excluding hydrogens is 222 g/mol. The van der Waals surface area contributed by atoms with Crippen molar-refractivity contribution in [1.29, 1.82) is 0 Å². The average Bonchev–Trinajstić information content (AvgIpc) is 2.38. The van der Waals surface area contributed by atoms with E-state index in [-0.39, 0.29) is 6.10 Å². The molecule has 0 bridgehead atoms. The van der Waals surface area contributed by atoms with Gasteiger partial charge in [-0.15, -0.1) is 0 Å². The van der Waals surface area contributed by atoms with Crippen molar-refractivity contribution in [3.05, 3.63) is 59.7 Å². The van der Waals surface area contributed by atoms with Crippen molar-refractivity contribution in [2.45, 2.75) is 26.4 Å². The van der Waals surface area contributed by atoms with Crippen LogP contribution in [0.15, 0.2) is 48.5 Å². The fourth-order valence-corrected chi connectivity index (χ4v) is 1.93. The van der Waals surface area contributed by atoms with Crippen LogP contribution in [0.2, 0.25) is 0 Å². The van der Waals surface area contributed by atoms with Crippen molar-refractivity contribution in [2.24, 2.45) is 0 Å². The van der Waals surface area contributed by atoms with Crippen molar-refractivity contribution in [2.75, 3.05) is 5.73 Å². The molecule has 18 heavy (non-hydrogen) atoms. The van der Waals surface area contributed by atoms with E-state index in [1.165, 1.54) is 5.56 Å². The first kappa shape index (κ1) is 12.5. The minimum absolute atomic E-state index is 0.0520. The highest BCUT2D eigenvalue weighted by molar-refractivity contribution is 5.41. The van der Waals surface area contributed by atoms with Gasteiger partial charge in [0.25, 0.3) is 0 Å². The lowest BCUT2D eigenvalue weighted by Crippen LogP contribution is -2.06. The first-order valence-electron chi connectivity index (χ1n) is 6.28. The molecule has 2 aromatic carbocycles. The lowest BCUT2D eigenvalue weighted by atomic mass is 10.1. The smallest absolute Gasteiger partial charge is 0.124 e. The number of hydrogen-bond acceptors (Lipinski definition) is 2. The maximum absolute atomic E-state index is 6.00. The normalized spacial score (nSPS) is 12.1. The van der Waals surface area contributed by atoms with Gasteiger partial charge >= 0.3 is 0 Å². The molecule has 0 amide bonds. The molecule has 0 saturated heterocycles. The summed E-state index contributed by atoms with van der Waals surface area (Å²) in [6.07, 6.45) is 0.966. The number of aryl methyl sites for hydroxylation is 1. The molecule has 0 spiro atoms. The molecule has 1 atom stereocenters. The van der Waals surface area contributed by atoms with Gasteiger partial charge in [-0.2, -0.15) is 0 Å². The van der Waals surface area contributed by atoms with Crippen molar-refractivity contribution < 1.29 is 4.74 Å². The van der Waals surface area contributed by atoms with E-state index in [0.29, 0.717) is 0 Å². The third-order valence-electron chi connectivity index (χ3n) is 2.95. The first-order valence-corrected chi connectivity index (χ1v) is 6.28. The largest absolute Gasteiger partial charge is 0.486 e. The number of ether oxygens (including phenoxy) is 1.